The summed E-state index contributed by atoms with van der Waals surface area (Å²) in [6.07, 6.45) is 5.34. The Morgan fingerprint density at radius 1 is 1.06 bits per heavy atom. The molecule has 0 spiro atoms. The molecule has 1 saturated heterocycles. The molecule has 0 aliphatic carbocycles. The number of pyridine rings is 2. The lowest BCUT2D eigenvalue weighted by Gasteiger charge is -2.36. The van der Waals surface area contributed by atoms with Crippen molar-refractivity contribution in [2.75, 3.05) is 51.7 Å². The summed E-state index contributed by atoms with van der Waals surface area (Å²) in [6.45, 7) is 3.81. The van der Waals surface area contributed by atoms with E-state index in [2.05, 4.69) is 31.7 Å². The quantitative estimate of drug-likeness (QED) is 0.654. The van der Waals surface area contributed by atoms with Gasteiger partial charge in [0.15, 0.2) is 0 Å². The summed E-state index contributed by atoms with van der Waals surface area (Å²) >= 11 is 0. The minimum atomic E-state index is -0.121. The Morgan fingerprint density at radius 3 is 2.55 bits per heavy atom. The zero-order valence-corrected chi connectivity index (χ0v) is 18.0. The van der Waals surface area contributed by atoms with E-state index in [-0.39, 0.29) is 11.8 Å². The van der Waals surface area contributed by atoms with Crippen LogP contribution in [-0.2, 0) is 11.3 Å². The summed E-state index contributed by atoms with van der Waals surface area (Å²) in [6, 6.07) is 11.7. The first-order valence-electron chi connectivity index (χ1n) is 10.5. The molecule has 162 valence electrons. The normalized spacial score (nSPS) is 14.3. The summed E-state index contributed by atoms with van der Waals surface area (Å²) in [4.78, 5) is 35.1. The van der Waals surface area contributed by atoms with Crippen molar-refractivity contribution in [3.63, 3.8) is 0 Å². The number of amides is 2. The molecule has 0 atom stereocenters. The first-order chi connectivity index (χ1) is 15.0. The third-order valence-corrected chi connectivity index (χ3v) is 5.48. The molecule has 0 radical (unpaired) electrons. The van der Waals surface area contributed by atoms with Gasteiger partial charge in [0.1, 0.15) is 5.82 Å². The van der Waals surface area contributed by atoms with Crippen LogP contribution in [0.5, 0.6) is 0 Å². The van der Waals surface area contributed by atoms with Crippen LogP contribution < -0.4 is 10.2 Å². The van der Waals surface area contributed by atoms with Crippen LogP contribution >= 0.6 is 0 Å². The summed E-state index contributed by atoms with van der Waals surface area (Å²) < 4.78 is 2.05. The second kappa shape index (κ2) is 9.18. The molecule has 8 nitrogen and oxygen atoms in total. The number of carbonyl (C=O) groups is 2. The van der Waals surface area contributed by atoms with Gasteiger partial charge in [-0.25, -0.2) is 0 Å². The lowest BCUT2D eigenvalue weighted by Crippen LogP contribution is -2.51. The lowest BCUT2D eigenvalue weighted by atomic mass is 10.2. The maximum atomic E-state index is 12.7. The third kappa shape index (κ3) is 4.86. The molecule has 31 heavy (non-hydrogen) atoms. The average Bonchev–Trinajstić information content (AvgIpc) is 3.21. The molecule has 1 fully saturated rings. The molecule has 4 rings (SSSR count). The van der Waals surface area contributed by atoms with Crippen LogP contribution in [0.15, 0.2) is 55.0 Å². The van der Waals surface area contributed by atoms with Crippen LogP contribution in [0.25, 0.3) is 5.52 Å². The molecule has 0 saturated carbocycles. The smallest absolute Gasteiger partial charge is 0.253 e. The highest BCUT2D eigenvalue weighted by Crippen LogP contribution is 2.22. The van der Waals surface area contributed by atoms with E-state index in [1.807, 2.05) is 54.4 Å². The fourth-order valence-electron chi connectivity index (χ4n) is 3.82. The van der Waals surface area contributed by atoms with Crippen LogP contribution in [0.1, 0.15) is 15.9 Å². The SMILES string of the molecule is CN(C)CC(=O)N1CCN(c2ccc3ccc(C(=O)NCc4cccnc4)cn23)CC1. The van der Waals surface area contributed by atoms with Crippen molar-refractivity contribution in [1.82, 2.24) is 24.5 Å². The van der Waals surface area contributed by atoms with E-state index in [1.165, 1.54) is 0 Å². The van der Waals surface area contributed by atoms with E-state index in [0.29, 0.717) is 31.7 Å². The number of carbonyl (C=O) groups excluding carboxylic acids is 2. The first-order valence-corrected chi connectivity index (χ1v) is 10.5. The maximum Gasteiger partial charge on any atom is 0.253 e. The maximum absolute atomic E-state index is 12.7. The zero-order valence-electron chi connectivity index (χ0n) is 18.0. The van der Waals surface area contributed by atoms with Crippen molar-refractivity contribution < 1.29 is 9.59 Å². The number of nitrogens with one attached hydrogen (secondary N) is 1. The van der Waals surface area contributed by atoms with Gasteiger partial charge in [-0.1, -0.05) is 6.07 Å². The number of likely N-dealkylation sites (N-methyl/N-ethyl adjacent to an activating group) is 1. The molecule has 2 amide bonds. The van der Waals surface area contributed by atoms with Crippen molar-refractivity contribution in [2.45, 2.75) is 6.54 Å². The highest BCUT2D eigenvalue weighted by Gasteiger charge is 2.23. The minimum Gasteiger partial charge on any atom is -0.354 e. The number of hydrogen-bond acceptors (Lipinski definition) is 5. The number of hydrogen-bond donors (Lipinski definition) is 1. The number of piperazine rings is 1. The van der Waals surface area contributed by atoms with E-state index >= 15 is 0 Å². The van der Waals surface area contributed by atoms with Gasteiger partial charge in [0.25, 0.3) is 5.91 Å². The monoisotopic (exact) mass is 420 g/mol. The second-order valence-corrected chi connectivity index (χ2v) is 8.05. The van der Waals surface area contributed by atoms with Gasteiger partial charge >= 0.3 is 0 Å². The van der Waals surface area contributed by atoms with Gasteiger partial charge in [-0.15, -0.1) is 0 Å². The molecule has 1 aliphatic heterocycles. The fraction of sp³-hybridized carbons (Fsp3) is 0.348. The summed E-state index contributed by atoms with van der Waals surface area (Å²) in [7, 11) is 3.82. The molecule has 1 N–H and O–H groups in total. The number of anilines is 1. The molecule has 3 aromatic rings. The Labute approximate surface area is 182 Å². The van der Waals surface area contributed by atoms with Crippen LogP contribution in [0, 0.1) is 0 Å². The molecular weight excluding hydrogens is 392 g/mol. The summed E-state index contributed by atoms with van der Waals surface area (Å²) in [5.74, 6) is 1.08. The molecule has 0 aromatic carbocycles. The molecular formula is C23H28N6O2. The first kappa shape index (κ1) is 20.9. The molecule has 0 unspecified atom stereocenters. The Balaban J connectivity index is 1.44. The molecule has 1 aliphatic rings. The minimum absolute atomic E-state index is 0.121. The highest BCUT2D eigenvalue weighted by atomic mass is 16.2. The van der Waals surface area contributed by atoms with E-state index < -0.39 is 0 Å². The van der Waals surface area contributed by atoms with Gasteiger partial charge in [-0.05, 0) is 50.0 Å². The van der Waals surface area contributed by atoms with Gasteiger partial charge in [0.05, 0.1) is 12.1 Å². The Kier molecular flexibility index (Phi) is 6.18. The molecule has 4 heterocycles. The van der Waals surface area contributed by atoms with E-state index in [4.69, 9.17) is 0 Å². The van der Waals surface area contributed by atoms with E-state index in [9.17, 15) is 9.59 Å². The van der Waals surface area contributed by atoms with Gasteiger partial charge in [-0.2, -0.15) is 0 Å². The molecule has 0 bridgehead atoms. The number of fused-ring (bicyclic) bond motifs is 1. The predicted molar refractivity (Wildman–Crippen MR) is 120 cm³/mol. The van der Waals surface area contributed by atoms with Gasteiger partial charge in [0, 0.05) is 56.8 Å². The van der Waals surface area contributed by atoms with Crippen molar-refractivity contribution in [3.8, 4) is 0 Å². The van der Waals surface area contributed by atoms with Gasteiger partial charge < -0.3 is 24.4 Å². The van der Waals surface area contributed by atoms with Crippen LogP contribution in [0.2, 0.25) is 0 Å². The third-order valence-electron chi connectivity index (χ3n) is 5.48. The second-order valence-electron chi connectivity index (χ2n) is 8.05. The van der Waals surface area contributed by atoms with Crippen LogP contribution in [0.4, 0.5) is 5.82 Å². The van der Waals surface area contributed by atoms with E-state index in [0.717, 1.165) is 30.0 Å². The molecule has 3 aromatic heterocycles. The molecule has 8 heteroatoms. The highest BCUT2D eigenvalue weighted by molar-refractivity contribution is 5.94. The van der Waals surface area contributed by atoms with E-state index in [1.54, 1.807) is 12.4 Å². The largest absolute Gasteiger partial charge is 0.354 e. The Bertz CT molecular complexity index is 1050. The van der Waals surface area contributed by atoms with Crippen molar-refractivity contribution in [3.05, 3.63) is 66.1 Å². The Morgan fingerprint density at radius 2 is 1.84 bits per heavy atom. The van der Waals surface area contributed by atoms with Gasteiger partial charge in [-0.3, -0.25) is 14.6 Å². The number of aromatic nitrogens is 2. The standard InChI is InChI=1S/C23H28N6O2/c1-26(2)17-22(30)28-12-10-27(11-13-28)21-8-7-20-6-5-19(16-29(20)21)23(31)25-15-18-4-3-9-24-14-18/h3-9,14,16H,10-13,15,17H2,1-2H3,(H,25,31). The number of nitrogens with zero attached hydrogens (tertiary/aromatic N) is 5. The van der Waals surface area contributed by atoms with Crippen molar-refractivity contribution in [2.24, 2.45) is 0 Å². The fourth-order valence-corrected chi connectivity index (χ4v) is 3.82. The predicted octanol–water partition coefficient (Wildman–Crippen LogP) is 1.47. The lowest BCUT2D eigenvalue weighted by molar-refractivity contribution is -0.132. The van der Waals surface area contributed by atoms with Gasteiger partial charge in [0.2, 0.25) is 5.91 Å². The zero-order chi connectivity index (χ0) is 21.8. The number of rotatable bonds is 6. The average molecular weight is 421 g/mol. The summed E-state index contributed by atoms with van der Waals surface area (Å²) in [5.41, 5.74) is 2.60. The summed E-state index contributed by atoms with van der Waals surface area (Å²) in [5, 5.41) is 2.95. The topological polar surface area (TPSA) is 73.2 Å². The Hall–Kier alpha value is -3.39. The van der Waals surface area contributed by atoms with Crippen molar-refractivity contribution >= 4 is 23.1 Å². The van der Waals surface area contributed by atoms with Crippen LogP contribution in [-0.4, -0.2) is 77.8 Å². The van der Waals surface area contributed by atoms with Crippen molar-refractivity contribution in [1.29, 1.82) is 0 Å². The van der Waals surface area contributed by atoms with Crippen LogP contribution in [0.3, 0.4) is 0 Å².